The van der Waals surface area contributed by atoms with Gasteiger partial charge < -0.3 is 19.8 Å². The molecule has 0 aliphatic carbocycles. The van der Waals surface area contributed by atoms with E-state index in [1.807, 2.05) is 20.8 Å². The minimum Gasteiger partial charge on any atom is -0.481 e. The molecule has 1 amide bonds. The number of hydrogen-bond acceptors (Lipinski definition) is 5. The fraction of sp³-hybridized carbons (Fsp3) is 0.875. The largest absolute Gasteiger partial charge is 0.481 e. The highest BCUT2D eigenvalue weighted by Gasteiger charge is 2.53. The minimum atomic E-state index is -0.866. The first-order chi connectivity index (χ1) is 10.5. The first kappa shape index (κ1) is 18.0. The third-order valence-corrected chi connectivity index (χ3v) is 4.68. The summed E-state index contributed by atoms with van der Waals surface area (Å²) in [4.78, 5) is 27.1. The van der Waals surface area contributed by atoms with Crippen molar-refractivity contribution >= 4 is 12.1 Å². The highest BCUT2D eigenvalue weighted by molar-refractivity contribution is 5.73. The van der Waals surface area contributed by atoms with Gasteiger partial charge in [0, 0.05) is 19.6 Å². The third-order valence-electron chi connectivity index (χ3n) is 4.68. The summed E-state index contributed by atoms with van der Waals surface area (Å²) in [6.07, 6.45) is 0.0540. The van der Waals surface area contributed by atoms with Crippen LogP contribution in [0, 0.1) is 5.92 Å². The maximum absolute atomic E-state index is 12.1. The van der Waals surface area contributed by atoms with E-state index < -0.39 is 29.3 Å². The van der Waals surface area contributed by atoms with E-state index >= 15 is 0 Å². The van der Waals surface area contributed by atoms with Crippen molar-refractivity contribution in [3.05, 3.63) is 0 Å². The Labute approximate surface area is 137 Å². The van der Waals surface area contributed by atoms with Crippen molar-refractivity contribution in [2.45, 2.75) is 57.8 Å². The minimum absolute atomic E-state index is 0.00116. The lowest BCUT2D eigenvalue weighted by Crippen LogP contribution is -2.71. The third kappa shape index (κ3) is 4.14. The number of likely N-dealkylation sites (tertiary alicyclic amines) is 2. The molecule has 2 aliphatic heterocycles. The molecule has 2 fully saturated rings. The molecular formula is C16H28N2O5. The number of carbonyl (C=O) groups is 2. The first-order valence-electron chi connectivity index (χ1n) is 8.15. The first-order valence-corrected chi connectivity index (χ1v) is 8.15. The number of aliphatic hydroxyl groups excluding tert-OH is 1. The maximum atomic E-state index is 12.1. The van der Waals surface area contributed by atoms with Crippen molar-refractivity contribution in [3.8, 4) is 0 Å². The molecule has 0 aromatic carbocycles. The van der Waals surface area contributed by atoms with Crippen molar-refractivity contribution in [2.75, 3.05) is 26.2 Å². The topological polar surface area (TPSA) is 90.3 Å². The number of rotatable bonds is 4. The fourth-order valence-corrected chi connectivity index (χ4v) is 3.44. The van der Waals surface area contributed by atoms with E-state index in [4.69, 9.17) is 4.74 Å². The van der Waals surface area contributed by atoms with Crippen molar-refractivity contribution in [1.82, 2.24) is 9.80 Å². The predicted octanol–water partition coefficient (Wildman–Crippen LogP) is 1.15. The summed E-state index contributed by atoms with van der Waals surface area (Å²) in [5, 5.41) is 19.0. The zero-order chi connectivity index (χ0) is 17.4. The van der Waals surface area contributed by atoms with Gasteiger partial charge in [-0.1, -0.05) is 0 Å². The molecule has 23 heavy (non-hydrogen) atoms. The predicted molar refractivity (Wildman–Crippen MR) is 84.2 cm³/mol. The second-order valence-electron chi connectivity index (χ2n) is 7.87. The molecule has 2 N–H and O–H groups in total. The molecule has 0 spiro atoms. The van der Waals surface area contributed by atoms with Crippen molar-refractivity contribution in [3.63, 3.8) is 0 Å². The molecule has 2 atom stereocenters. The normalized spacial score (nSPS) is 25.8. The summed E-state index contributed by atoms with van der Waals surface area (Å²) in [6, 6.07) is 0. The second-order valence-corrected chi connectivity index (χ2v) is 7.87. The standard InChI is InChI=1S/C16H28N2O5/c1-11(19)12-5-6-18(8-12)16(7-13(20)21)9-17(10-16)14(22)23-15(2,3)4/h11-12,19H,5-10H2,1-4H3,(H,20,21). The van der Waals surface area contributed by atoms with Crippen LogP contribution in [0.4, 0.5) is 4.79 Å². The van der Waals surface area contributed by atoms with Gasteiger partial charge in [0.1, 0.15) is 5.60 Å². The Morgan fingerprint density at radius 2 is 1.96 bits per heavy atom. The van der Waals surface area contributed by atoms with Gasteiger partial charge in [0.05, 0.1) is 18.1 Å². The van der Waals surface area contributed by atoms with E-state index in [-0.39, 0.29) is 12.3 Å². The van der Waals surface area contributed by atoms with Crippen LogP contribution in [0.15, 0.2) is 0 Å². The molecule has 132 valence electrons. The zero-order valence-corrected chi connectivity index (χ0v) is 14.4. The Hall–Kier alpha value is -1.34. The van der Waals surface area contributed by atoms with E-state index in [2.05, 4.69) is 4.90 Å². The maximum Gasteiger partial charge on any atom is 0.410 e. The van der Waals surface area contributed by atoms with Crippen LogP contribution in [0.5, 0.6) is 0 Å². The lowest BCUT2D eigenvalue weighted by atomic mass is 9.84. The van der Waals surface area contributed by atoms with Gasteiger partial charge >= 0.3 is 12.1 Å². The molecule has 7 nitrogen and oxygen atoms in total. The Bertz CT molecular complexity index is 466. The number of carboxylic acid groups (broad SMARTS) is 1. The number of amides is 1. The number of carbonyl (C=O) groups excluding carboxylic acids is 1. The van der Waals surface area contributed by atoms with Crippen LogP contribution in [0.3, 0.4) is 0 Å². The second kappa shape index (κ2) is 6.28. The molecule has 0 bridgehead atoms. The highest BCUT2D eigenvalue weighted by atomic mass is 16.6. The monoisotopic (exact) mass is 328 g/mol. The van der Waals surface area contributed by atoms with Crippen LogP contribution in [0.25, 0.3) is 0 Å². The molecule has 2 saturated heterocycles. The number of carboxylic acids is 1. The summed E-state index contributed by atoms with van der Waals surface area (Å²) in [6.45, 7) is 9.35. The highest BCUT2D eigenvalue weighted by Crippen LogP contribution is 2.37. The van der Waals surface area contributed by atoms with Crippen molar-refractivity contribution in [2.24, 2.45) is 5.92 Å². The molecule has 2 aliphatic rings. The lowest BCUT2D eigenvalue weighted by Gasteiger charge is -2.54. The fourth-order valence-electron chi connectivity index (χ4n) is 3.44. The van der Waals surface area contributed by atoms with Crippen LogP contribution in [-0.4, -0.2) is 75.5 Å². The van der Waals surface area contributed by atoms with Gasteiger partial charge in [-0.05, 0) is 46.6 Å². The van der Waals surface area contributed by atoms with Crippen LogP contribution < -0.4 is 0 Å². The Morgan fingerprint density at radius 3 is 2.39 bits per heavy atom. The molecule has 0 aromatic heterocycles. The van der Waals surface area contributed by atoms with Gasteiger partial charge in [-0.2, -0.15) is 0 Å². The van der Waals surface area contributed by atoms with Crippen molar-refractivity contribution in [1.29, 1.82) is 0 Å². The van der Waals surface area contributed by atoms with Crippen LogP contribution >= 0.6 is 0 Å². The van der Waals surface area contributed by atoms with E-state index in [1.54, 1.807) is 11.8 Å². The summed E-state index contributed by atoms with van der Waals surface area (Å²) in [5.41, 5.74) is -1.10. The number of hydrogen-bond donors (Lipinski definition) is 2. The number of ether oxygens (including phenoxy) is 1. The van der Waals surface area contributed by atoms with Crippen LogP contribution in [-0.2, 0) is 9.53 Å². The molecule has 7 heteroatoms. The molecule has 2 heterocycles. The average Bonchev–Trinajstić information content (AvgIpc) is 2.80. The molecule has 0 aromatic rings. The van der Waals surface area contributed by atoms with Gasteiger partial charge in [0.15, 0.2) is 0 Å². The molecular weight excluding hydrogens is 300 g/mol. The van der Waals surface area contributed by atoms with Gasteiger partial charge in [0.25, 0.3) is 0 Å². The van der Waals surface area contributed by atoms with Gasteiger partial charge in [-0.3, -0.25) is 9.69 Å². The summed E-state index contributed by atoms with van der Waals surface area (Å²) in [7, 11) is 0. The number of aliphatic hydroxyl groups is 1. The summed E-state index contributed by atoms with van der Waals surface area (Å²) in [5.74, 6) is -0.703. The SMILES string of the molecule is CC(O)C1CCN(C2(CC(=O)O)CN(C(=O)OC(C)(C)C)C2)C1. The number of nitrogens with zero attached hydrogens (tertiary/aromatic N) is 2. The quantitative estimate of drug-likeness (QED) is 0.805. The van der Waals surface area contributed by atoms with Gasteiger partial charge in [-0.15, -0.1) is 0 Å². The van der Waals surface area contributed by atoms with Gasteiger partial charge in [-0.25, -0.2) is 4.79 Å². The number of aliphatic carboxylic acids is 1. The average molecular weight is 328 g/mol. The van der Waals surface area contributed by atoms with E-state index in [0.717, 1.165) is 13.0 Å². The van der Waals surface area contributed by atoms with Crippen molar-refractivity contribution < 1.29 is 24.5 Å². The van der Waals surface area contributed by atoms with E-state index in [1.165, 1.54) is 0 Å². The van der Waals surface area contributed by atoms with Crippen LogP contribution in [0.1, 0.15) is 40.5 Å². The summed E-state index contributed by atoms with van der Waals surface area (Å²) < 4.78 is 5.34. The molecule has 2 unspecified atom stereocenters. The lowest BCUT2D eigenvalue weighted by molar-refractivity contribution is -0.145. The van der Waals surface area contributed by atoms with Crippen LogP contribution in [0.2, 0.25) is 0 Å². The smallest absolute Gasteiger partial charge is 0.410 e. The van der Waals surface area contributed by atoms with Gasteiger partial charge in [0.2, 0.25) is 0 Å². The van der Waals surface area contributed by atoms with E-state index in [0.29, 0.717) is 19.6 Å². The molecule has 0 saturated carbocycles. The Kier molecular flexibility index (Phi) is 4.92. The molecule has 0 radical (unpaired) electrons. The zero-order valence-electron chi connectivity index (χ0n) is 14.4. The van der Waals surface area contributed by atoms with E-state index in [9.17, 15) is 19.8 Å². The Balaban J connectivity index is 2.01. The molecule has 2 rings (SSSR count). The Morgan fingerprint density at radius 1 is 1.35 bits per heavy atom. The summed E-state index contributed by atoms with van der Waals surface area (Å²) >= 11 is 0.